The molecule has 226 valence electrons. The van der Waals surface area contributed by atoms with Crippen LogP contribution in [0.4, 0.5) is 4.79 Å². The predicted octanol–water partition coefficient (Wildman–Crippen LogP) is 4.09. The third-order valence-corrected chi connectivity index (χ3v) is 9.97. The van der Waals surface area contributed by atoms with Gasteiger partial charge in [-0.1, -0.05) is 26.3 Å². The molecule has 10 nitrogen and oxygen atoms in total. The fourth-order valence-electron chi connectivity index (χ4n) is 7.52. The average Bonchev–Trinajstić information content (AvgIpc) is 3.41. The Morgan fingerprint density at radius 2 is 1.86 bits per heavy atom. The van der Waals surface area contributed by atoms with Crippen LogP contribution in [-0.4, -0.2) is 68.7 Å². The molecular weight excluding hydrogens is 548 g/mol. The molecule has 0 unspecified atom stereocenters. The molecule has 0 saturated carbocycles. The number of ether oxygens (including phenoxy) is 2. The minimum atomic E-state index is -1.88. The summed E-state index contributed by atoms with van der Waals surface area (Å²) in [5.74, 6) is -0.275. The maximum atomic E-state index is 13.6. The smallest absolute Gasteiger partial charge is 0.415 e. The first-order valence-electron chi connectivity index (χ1n) is 15.7. The van der Waals surface area contributed by atoms with Crippen LogP contribution in [0.5, 0.6) is 5.75 Å². The summed E-state index contributed by atoms with van der Waals surface area (Å²) in [6, 6.07) is 7.78. The molecule has 1 atom stereocenters. The number of nitrogens with zero attached hydrogens (tertiary/aromatic N) is 4. The Kier molecular flexibility index (Phi) is 7.01. The highest BCUT2D eigenvalue weighted by Crippen LogP contribution is 2.42. The number of likely N-dealkylation sites (tertiary alicyclic amines) is 2. The Labute approximate surface area is 250 Å². The second kappa shape index (κ2) is 10.7. The number of amides is 1. The van der Waals surface area contributed by atoms with Crippen molar-refractivity contribution in [2.75, 3.05) is 26.2 Å². The topological polar surface area (TPSA) is 114 Å². The molecule has 2 aromatic heterocycles. The van der Waals surface area contributed by atoms with E-state index in [-0.39, 0.29) is 24.7 Å². The van der Waals surface area contributed by atoms with Gasteiger partial charge in [-0.25, -0.2) is 14.6 Å². The Balaban J connectivity index is 1.21. The second-order valence-electron chi connectivity index (χ2n) is 12.2. The van der Waals surface area contributed by atoms with E-state index in [1.807, 2.05) is 30.0 Å². The lowest BCUT2D eigenvalue weighted by molar-refractivity contribution is -0.172. The van der Waals surface area contributed by atoms with Gasteiger partial charge in [-0.05, 0) is 75.4 Å². The van der Waals surface area contributed by atoms with Crippen molar-refractivity contribution in [2.45, 2.75) is 83.6 Å². The molecule has 2 saturated heterocycles. The van der Waals surface area contributed by atoms with Gasteiger partial charge in [0.1, 0.15) is 12.4 Å². The van der Waals surface area contributed by atoms with Crippen LogP contribution in [0.1, 0.15) is 74.6 Å². The molecular formula is C33H38N4O6. The highest BCUT2D eigenvalue weighted by molar-refractivity contribution is 5.94. The molecule has 0 spiro atoms. The van der Waals surface area contributed by atoms with E-state index in [0.717, 1.165) is 42.4 Å². The van der Waals surface area contributed by atoms with E-state index in [2.05, 4.69) is 4.90 Å². The van der Waals surface area contributed by atoms with E-state index in [9.17, 15) is 19.5 Å². The van der Waals surface area contributed by atoms with E-state index in [1.165, 1.54) is 19.3 Å². The lowest BCUT2D eigenvalue weighted by atomic mass is 9.86. The molecule has 6 heterocycles. The predicted molar refractivity (Wildman–Crippen MR) is 160 cm³/mol. The van der Waals surface area contributed by atoms with E-state index < -0.39 is 11.6 Å². The Morgan fingerprint density at radius 1 is 1.09 bits per heavy atom. The van der Waals surface area contributed by atoms with Gasteiger partial charge in [-0.3, -0.25) is 4.79 Å². The van der Waals surface area contributed by atoms with Gasteiger partial charge in [0.15, 0.2) is 5.60 Å². The lowest BCUT2D eigenvalue weighted by Gasteiger charge is -2.39. The number of piperidine rings is 2. The standard InChI is InChI=1S/C33H38N4O6/c1-3-21-22-18-37-26(17-24-23(30(37)38)19-42-31(39)33(24,41)4-2)29(22)34-25-9-8-10-27(28(21)25)43-32(40)36-15-11-20(12-16-36)35-13-6-5-7-14-35/h8-10,17,20,41H,3-7,11-16,18-19H2,1-2H3/t33-/m0/s1. The van der Waals surface area contributed by atoms with E-state index in [1.54, 1.807) is 17.6 Å². The van der Waals surface area contributed by atoms with Crippen LogP contribution >= 0.6 is 0 Å². The summed E-state index contributed by atoms with van der Waals surface area (Å²) in [5, 5.41) is 12.0. The van der Waals surface area contributed by atoms with Gasteiger partial charge >= 0.3 is 12.1 Å². The molecule has 4 aliphatic heterocycles. The number of cyclic esters (lactones) is 1. The van der Waals surface area contributed by atoms with Crippen LogP contribution < -0.4 is 10.3 Å². The van der Waals surface area contributed by atoms with Crippen molar-refractivity contribution in [1.82, 2.24) is 19.4 Å². The molecule has 0 aliphatic carbocycles. The molecule has 1 N–H and O–H groups in total. The maximum Gasteiger partial charge on any atom is 0.415 e. The Bertz CT molecular complexity index is 1690. The number of pyridine rings is 2. The van der Waals surface area contributed by atoms with Gasteiger partial charge in [-0.15, -0.1) is 0 Å². The fourth-order valence-corrected chi connectivity index (χ4v) is 7.52. The van der Waals surface area contributed by atoms with Crippen LogP contribution in [0.25, 0.3) is 22.3 Å². The summed E-state index contributed by atoms with van der Waals surface area (Å²) in [5.41, 5.74) is 2.13. The van der Waals surface area contributed by atoms with Crippen molar-refractivity contribution in [2.24, 2.45) is 0 Å². The second-order valence-corrected chi connectivity index (χ2v) is 12.2. The summed E-state index contributed by atoms with van der Waals surface area (Å²) in [6.45, 7) is 7.54. The largest absolute Gasteiger partial charge is 0.458 e. The number of carbonyl (C=O) groups is 2. The van der Waals surface area contributed by atoms with E-state index >= 15 is 0 Å². The van der Waals surface area contributed by atoms with Gasteiger partial charge < -0.3 is 28.9 Å². The van der Waals surface area contributed by atoms with Gasteiger partial charge in [-0.2, -0.15) is 0 Å². The number of hydrogen-bond donors (Lipinski definition) is 1. The first kappa shape index (κ1) is 28.0. The normalized spacial score (nSPS) is 22.2. The summed E-state index contributed by atoms with van der Waals surface area (Å²) >= 11 is 0. The number of carbonyl (C=O) groups excluding carboxylic acids is 2. The van der Waals surface area contributed by atoms with Crippen LogP contribution in [0.15, 0.2) is 29.1 Å². The Hall–Kier alpha value is -3.76. The average molecular weight is 587 g/mol. The summed E-state index contributed by atoms with van der Waals surface area (Å²) in [4.78, 5) is 48.9. The maximum absolute atomic E-state index is 13.6. The first-order chi connectivity index (χ1) is 20.8. The zero-order valence-electron chi connectivity index (χ0n) is 24.9. The SMILES string of the molecule is CCc1c2c(nc3cccc(OC(=O)N4CCC(N5CCCCC5)CC4)c13)-c1cc3c(c(=O)n1C2)COC(=O)[C@]3(O)CC. The van der Waals surface area contributed by atoms with Gasteiger partial charge in [0.25, 0.3) is 5.56 Å². The number of benzene rings is 1. The van der Waals surface area contributed by atoms with Gasteiger partial charge in [0.05, 0.1) is 29.0 Å². The third-order valence-electron chi connectivity index (χ3n) is 9.97. The molecule has 3 aromatic rings. The molecule has 1 aromatic carbocycles. The minimum Gasteiger partial charge on any atom is -0.458 e. The molecule has 4 aliphatic rings. The number of aryl methyl sites for hydroxylation is 1. The number of hydrogen-bond acceptors (Lipinski definition) is 8. The molecule has 0 bridgehead atoms. The molecule has 10 heteroatoms. The lowest BCUT2D eigenvalue weighted by Crippen LogP contribution is -2.48. The summed E-state index contributed by atoms with van der Waals surface area (Å²) in [6.07, 6.45) is 6.14. The number of rotatable bonds is 4. The third kappa shape index (κ3) is 4.45. The summed E-state index contributed by atoms with van der Waals surface area (Å²) in [7, 11) is 0. The van der Waals surface area contributed by atoms with Crippen molar-refractivity contribution in [3.8, 4) is 17.1 Å². The minimum absolute atomic E-state index is 0.0879. The number of aromatic nitrogens is 2. The van der Waals surface area contributed by atoms with E-state index in [4.69, 9.17) is 14.5 Å². The number of fused-ring (bicyclic) bond motifs is 5. The molecule has 1 amide bonds. The zero-order valence-corrected chi connectivity index (χ0v) is 24.9. The monoisotopic (exact) mass is 586 g/mol. The highest BCUT2D eigenvalue weighted by atomic mass is 16.6. The van der Waals surface area contributed by atoms with E-state index in [0.29, 0.717) is 65.9 Å². The van der Waals surface area contributed by atoms with Crippen LogP contribution in [0, 0.1) is 0 Å². The van der Waals surface area contributed by atoms with Crippen LogP contribution in [0.3, 0.4) is 0 Å². The molecule has 43 heavy (non-hydrogen) atoms. The van der Waals surface area contributed by atoms with Crippen molar-refractivity contribution < 1.29 is 24.2 Å². The quantitative estimate of drug-likeness (QED) is 0.356. The van der Waals surface area contributed by atoms with Crippen LogP contribution in [-0.2, 0) is 34.7 Å². The van der Waals surface area contributed by atoms with Crippen LogP contribution in [0.2, 0.25) is 0 Å². The molecule has 7 rings (SSSR count). The Morgan fingerprint density at radius 3 is 2.58 bits per heavy atom. The molecule has 2 fully saturated rings. The van der Waals surface area contributed by atoms with Crippen molar-refractivity contribution in [3.63, 3.8) is 0 Å². The number of aliphatic hydroxyl groups is 1. The zero-order chi connectivity index (χ0) is 29.9. The highest BCUT2D eigenvalue weighted by Gasteiger charge is 2.45. The van der Waals surface area contributed by atoms with Crippen molar-refractivity contribution in [1.29, 1.82) is 0 Å². The summed E-state index contributed by atoms with van der Waals surface area (Å²) < 4.78 is 12.9. The van der Waals surface area contributed by atoms with Gasteiger partial charge in [0.2, 0.25) is 0 Å². The molecule has 0 radical (unpaired) electrons. The first-order valence-corrected chi connectivity index (χ1v) is 15.7. The fraction of sp³-hybridized carbons (Fsp3) is 0.515. The van der Waals surface area contributed by atoms with Crippen molar-refractivity contribution >= 4 is 23.0 Å². The van der Waals surface area contributed by atoms with Gasteiger partial charge in [0, 0.05) is 35.6 Å². The van der Waals surface area contributed by atoms with Crippen molar-refractivity contribution in [3.05, 3.63) is 56.9 Å². The number of esters is 1.